The highest BCUT2D eigenvalue weighted by Gasteiger charge is 2.07. The number of methoxy groups -OCH3 is 2. The van der Waals surface area contributed by atoms with Crippen LogP contribution in [0.3, 0.4) is 0 Å². The number of rotatable bonds is 8. The molecular formula is C27H26N2O5. The highest BCUT2D eigenvalue weighted by Crippen LogP contribution is 2.27. The molecule has 0 aliphatic rings. The van der Waals surface area contributed by atoms with Crippen LogP contribution in [-0.4, -0.2) is 32.3 Å². The van der Waals surface area contributed by atoms with Crippen molar-refractivity contribution in [3.8, 4) is 17.2 Å². The van der Waals surface area contributed by atoms with E-state index in [1.807, 2.05) is 31.2 Å². The van der Waals surface area contributed by atoms with Crippen molar-refractivity contribution in [2.45, 2.75) is 13.8 Å². The van der Waals surface area contributed by atoms with Crippen molar-refractivity contribution in [3.05, 3.63) is 83.4 Å². The molecule has 0 aliphatic carbocycles. The Morgan fingerprint density at radius 3 is 2.24 bits per heavy atom. The summed E-state index contributed by atoms with van der Waals surface area (Å²) in [7, 11) is 3.14. The second-order valence-electron chi connectivity index (χ2n) is 7.37. The largest absolute Gasteiger partial charge is 0.497 e. The number of carbonyl (C=O) groups excluding carboxylic acids is 2. The van der Waals surface area contributed by atoms with Gasteiger partial charge in [0.15, 0.2) is 0 Å². The number of ether oxygens (including phenoxy) is 3. The standard InChI is InChI=1S/C27H26N2O5/c1-18-15-23(11-12-24(18)28-17-21-5-9-22(32-3)10-6-21)34-27(31)14-8-20-7-13-26(33-4)25(16-20)29-19(2)30/h5-17H,1-4H3,(H,29,30)/b14-8+,28-17+. The number of amides is 1. The average molecular weight is 459 g/mol. The molecule has 0 aromatic heterocycles. The molecule has 174 valence electrons. The van der Waals surface area contributed by atoms with Gasteiger partial charge in [-0.1, -0.05) is 6.07 Å². The van der Waals surface area contributed by atoms with Crippen LogP contribution in [-0.2, 0) is 9.59 Å². The molecule has 0 fully saturated rings. The fourth-order valence-corrected chi connectivity index (χ4v) is 3.10. The van der Waals surface area contributed by atoms with Crippen LogP contribution in [0.2, 0.25) is 0 Å². The molecule has 1 amide bonds. The van der Waals surface area contributed by atoms with Gasteiger partial charge in [-0.2, -0.15) is 0 Å². The Balaban J connectivity index is 1.64. The van der Waals surface area contributed by atoms with Crippen molar-refractivity contribution in [2.75, 3.05) is 19.5 Å². The summed E-state index contributed by atoms with van der Waals surface area (Å²) in [5, 5.41) is 2.70. The van der Waals surface area contributed by atoms with Gasteiger partial charge in [0.25, 0.3) is 0 Å². The second kappa shape index (κ2) is 11.5. The van der Waals surface area contributed by atoms with Gasteiger partial charge in [0.05, 0.1) is 25.6 Å². The number of anilines is 1. The SMILES string of the molecule is COc1ccc(/C=N/c2ccc(OC(=O)/C=C/c3ccc(OC)c(NC(C)=O)c3)cc2C)cc1. The number of nitrogens with zero attached hydrogens (tertiary/aromatic N) is 1. The van der Waals surface area contributed by atoms with Crippen molar-refractivity contribution in [1.82, 2.24) is 0 Å². The number of aliphatic imine (C=N–C) groups is 1. The molecule has 7 nitrogen and oxygen atoms in total. The highest BCUT2D eigenvalue weighted by atomic mass is 16.5. The zero-order valence-electron chi connectivity index (χ0n) is 19.5. The fourth-order valence-electron chi connectivity index (χ4n) is 3.10. The van der Waals surface area contributed by atoms with Crippen LogP contribution in [0, 0.1) is 6.92 Å². The van der Waals surface area contributed by atoms with Gasteiger partial charge in [0, 0.05) is 19.2 Å². The lowest BCUT2D eigenvalue weighted by Gasteiger charge is -2.09. The summed E-state index contributed by atoms with van der Waals surface area (Å²) in [5.74, 6) is 0.995. The Morgan fingerprint density at radius 2 is 1.59 bits per heavy atom. The van der Waals surface area contributed by atoms with Gasteiger partial charge < -0.3 is 19.5 Å². The molecule has 0 saturated heterocycles. The summed E-state index contributed by atoms with van der Waals surface area (Å²) < 4.78 is 15.8. The third-order valence-corrected chi connectivity index (χ3v) is 4.80. The number of nitrogens with one attached hydrogen (secondary N) is 1. The van der Waals surface area contributed by atoms with Crippen LogP contribution in [0.5, 0.6) is 17.2 Å². The number of carbonyl (C=O) groups is 2. The van der Waals surface area contributed by atoms with E-state index < -0.39 is 5.97 Å². The molecule has 3 aromatic carbocycles. The quantitative estimate of drug-likeness (QED) is 0.213. The van der Waals surface area contributed by atoms with Gasteiger partial charge in [-0.15, -0.1) is 0 Å². The highest BCUT2D eigenvalue weighted by molar-refractivity contribution is 5.92. The van der Waals surface area contributed by atoms with E-state index in [1.165, 1.54) is 20.1 Å². The number of hydrogen-bond donors (Lipinski definition) is 1. The van der Waals surface area contributed by atoms with E-state index in [0.717, 1.165) is 22.6 Å². The van der Waals surface area contributed by atoms with Crippen molar-refractivity contribution < 1.29 is 23.8 Å². The lowest BCUT2D eigenvalue weighted by atomic mass is 10.1. The van der Waals surface area contributed by atoms with Crippen molar-refractivity contribution in [2.24, 2.45) is 4.99 Å². The summed E-state index contributed by atoms with van der Waals surface area (Å²) in [6.07, 6.45) is 4.69. The Kier molecular flexibility index (Phi) is 8.18. The summed E-state index contributed by atoms with van der Waals surface area (Å²) in [6, 6.07) is 18.0. The Morgan fingerprint density at radius 1 is 0.882 bits per heavy atom. The van der Waals surface area contributed by atoms with Gasteiger partial charge >= 0.3 is 5.97 Å². The van der Waals surface area contributed by atoms with Gasteiger partial charge in [0.1, 0.15) is 17.2 Å². The summed E-state index contributed by atoms with van der Waals surface area (Å²) in [4.78, 5) is 28.2. The molecule has 0 aliphatic heterocycles. The molecule has 34 heavy (non-hydrogen) atoms. The molecule has 0 spiro atoms. The van der Waals surface area contributed by atoms with Crippen LogP contribution in [0.4, 0.5) is 11.4 Å². The van der Waals surface area contributed by atoms with Crippen LogP contribution in [0.15, 0.2) is 71.7 Å². The summed E-state index contributed by atoms with van der Waals surface area (Å²) in [6.45, 7) is 3.31. The maximum atomic E-state index is 12.3. The fraction of sp³-hybridized carbons (Fsp3) is 0.148. The van der Waals surface area contributed by atoms with E-state index in [0.29, 0.717) is 22.7 Å². The Bertz CT molecular complexity index is 1230. The lowest BCUT2D eigenvalue weighted by molar-refractivity contribution is -0.128. The summed E-state index contributed by atoms with van der Waals surface area (Å²) in [5.41, 5.74) is 3.82. The molecule has 1 N–H and O–H groups in total. The first-order chi connectivity index (χ1) is 16.4. The molecule has 3 aromatic rings. The molecule has 0 unspecified atom stereocenters. The third-order valence-electron chi connectivity index (χ3n) is 4.80. The minimum atomic E-state index is -0.522. The predicted octanol–water partition coefficient (Wildman–Crippen LogP) is 5.34. The van der Waals surface area contributed by atoms with E-state index in [4.69, 9.17) is 14.2 Å². The normalized spacial score (nSPS) is 10.9. The molecule has 0 saturated carbocycles. The molecule has 0 heterocycles. The molecule has 3 rings (SSSR count). The first kappa shape index (κ1) is 24.3. The van der Waals surface area contributed by atoms with Gasteiger partial charge in [-0.05, 0) is 84.3 Å². The molecule has 0 atom stereocenters. The Labute approximate surface area is 198 Å². The van der Waals surface area contributed by atoms with E-state index in [-0.39, 0.29) is 5.91 Å². The Hall–Kier alpha value is -4.39. The monoisotopic (exact) mass is 458 g/mol. The van der Waals surface area contributed by atoms with Crippen molar-refractivity contribution in [3.63, 3.8) is 0 Å². The van der Waals surface area contributed by atoms with Crippen LogP contribution in [0.25, 0.3) is 6.08 Å². The van der Waals surface area contributed by atoms with Crippen molar-refractivity contribution in [1.29, 1.82) is 0 Å². The van der Waals surface area contributed by atoms with Crippen LogP contribution >= 0.6 is 0 Å². The number of hydrogen-bond acceptors (Lipinski definition) is 6. The molecule has 0 bridgehead atoms. The lowest BCUT2D eigenvalue weighted by Crippen LogP contribution is -2.07. The smallest absolute Gasteiger partial charge is 0.336 e. The van der Waals surface area contributed by atoms with E-state index >= 15 is 0 Å². The zero-order valence-corrected chi connectivity index (χ0v) is 19.5. The first-order valence-electron chi connectivity index (χ1n) is 10.5. The zero-order chi connectivity index (χ0) is 24.5. The first-order valence-corrected chi connectivity index (χ1v) is 10.5. The molecular weight excluding hydrogens is 432 g/mol. The van der Waals surface area contributed by atoms with Crippen LogP contribution < -0.4 is 19.5 Å². The van der Waals surface area contributed by atoms with Crippen LogP contribution in [0.1, 0.15) is 23.6 Å². The topological polar surface area (TPSA) is 86.2 Å². The van der Waals surface area contributed by atoms with E-state index in [1.54, 1.807) is 55.8 Å². The van der Waals surface area contributed by atoms with E-state index in [9.17, 15) is 9.59 Å². The van der Waals surface area contributed by atoms with Crippen molar-refractivity contribution >= 4 is 35.5 Å². The van der Waals surface area contributed by atoms with Gasteiger partial charge in [-0.3, -0.25) is 9.79 Å². The number of esters is 1. The minimum absolute atomic E-state index is 0.217. The molecule has 0 radical (unpaired) electrons. The van der Waals surface area contributed by atoms with E-state index in [2.05, 4.69) is 10.3 Å². The summed E-state index contributed by atoms with van der Waals surface area (Å²) >= 11 is 0. The maximum absolute atomic E-state index is 12.3. The van der Waals surface area contributed by atoms with Gasteiger partial charge in [-0.25, -0.2) is 4.79 Å². The van der Waals surface area contributed by atoms with Gasteiger partial charge in [0.2, 0.25) is 5.91 Å². The third kappa shape index (κ3) is 6.80. The second-order valence-corrected chi connectivity index (χ2v) is 7.37. The maximum Gasteiger partial charge on any atom is 0.336 e. The molecule has 7 heteroatoms. The number of benzene rings is 3. The average Bonchev–Trinajstić information content (AvgIpc) is 2.82. The minimum Gasteiger partial charge on any atom is -0.497 e. The number of aryl methyl sites for hydroxylation is 1. The predicted molar refractivity (Wildman–Crippen MR) is 133 cm³/mol.